The molecule has 1 saturated heterocycles. The van der Waals surface area contributed by atoms with Crippen LogP contribution in [-0.4, -0.2) is 46.5 Å². The highest BCUT2D eigenvalue weighted by Gasteiger charge is 2.21. The topological polar surface area (TPSA) is 78.1 Å². The van der Waals surface area contributed by atoms with Crippen LogP contribution in [0.1, 0.15) is 29.8 Å². The zero-order valence-electron chi connectivity index (χ0n) is 15.2. The molecule has 1 aromatic heterocycles. The van der Waals surface area contributed by atoms with E-state index < -0.39 is 0 Å². The van der Waals surface area contributed by atoms with Crippen LogP contribution < -0.4 is 10.9 Å². The van der Waals surface area contributed by atoms with Crippen molar-refractivity contribution in [3.05, 3.63) is 63.8 Å². The summed E-state index contributed by atoms with van der Waals surface area (Å²) in [6.45, 7) is 4.65. The molecule has 1 atom stereocenters. The van der Waals surface area contributed by atoms with Crippen LogP contribution in [0.2, 0.25) is 0 Å². The Kier molecular flexibility index (Phi) is 6.17. The van der Waals surface area contributed by atoms with Gasteiger partial charge in [0.1, 0.15) is 5.82 Å². The van der Waals surface area contributed by atoms with E-state index in [4.69, 9.17) is 0 Å². The van der Waals surface area contributed by atoms with Crippen LogP contribution in [0.4, 0.5) is 0 Å². The summed E-state index contributed by atoms with van der Waals surface area (Å²) in [5.74, 6) is 0.441. The second-order valence-electron chi connectivity index (χ2n) is 6.94. The molecule has 0 aliphatic carbocycles. The molecule has 6 nitrogen and oxygen atoms in total. The lowest BCUT2D eigenvalue weighted by Gasteiger charge is -2.33. The minimum absolute atomic E-state index is 0.0725. The second-order valence-corrected chi connectivity index (χ2v) is 6.94. The average molecular weight is 354 g/mol. The molecule has 2 N–H and O–H groups in total. The predicted molar refractivity (Wildman–Crippen MR) is 101 cm³/mol. The van der Waals surface area contributed by atoms with E-state index in [1.807, 2.05) is 6.07 Å². The standard InChI is InChI=1S/C20H26N4O2/c1-15-21-13-17(20(26)22-15)12-19(25)23-18-8-5-10-24(14-18)11-9-16-6-3-2-4-7-16/h2-4,6-7,13,18H,5,8-12,14H2,1H3,(H,23,25)(H,21,22,26)/t18-/m0/s1. The highest BCUT2D eigenvalue weighted by atomic mass is 16.2. The number of nitrogens with one attached hydrogen (secondary N) is 2. The summed E-state index contributed by atoms with van der Waals surface area (Å²) in [7, 11) is 0. The lowest BCUT2D eigenvalue weighted by molar-refractivity contribution is -0.121. The monoisotopic (exact) mass is 354 g/mol. The normalized spacial score (nSPS) is 17.8. The second kappa shape index (κ2) is 8.76. The smallest absolute Gasteiger partial charge is 0.254 e. The van der Waals surface area contributed by atoms with Crippen molar-refractivity contribution in [3.63, 3.8) is 0 Å². The average Bonchev–Trinajstić information content (AvgIpc) is 2.63. The zero-order valence-corrected chi connectivity index (χ0v) is 15.2. The van der Waals surface area contributed by atoms with Gasteiger partial charge in [-0.3, -0.25) is 9.59 Å². The number of hydrogen-bond donors (Lipinski definition) is 2. The van der Waals surface area contributed by atoms with Crippen molar-refractivity contribution in [2.24, 2.45) is 0 Å². The number of hydrogen-bond acceptors (Lipinski definition) is 4. The minimum atomic E-state index is -0.235. The number of carbonyl (C=O) groups excluding carboxylic acids is 1. The number of aromatic amines is 1. The van der Waals surface area contributed by atoms with Crippen molar-refractivity contribution in [1.82, 2.24) is 20.2 Å². The maximum atomic E-state index is 12.3. The number of nitrogens with zero attached hydrogens (tertiary/aromatic N) is 2. The fourth-order valence-electron chi connectivity index (χ4n) is 3.40. The van der Waals surface area contributed by atoms with Crippen molar-refractivity contribution in [2.45, 2.75) is 38.6 Å². The van der Waals surface area contributed by atoms with Gasteiger partial charge in [0.2, 0.25) is 5.91 Å². The van der Waals surface area contributed by atoms with Gasteiger partial charge in [0.05, 0.1) is 6.42 Å². The SMILES string of the molecule is Cc1ncc(CC(=O)N[C@H]2CCCN(CCc3ccccc3)C2)c(=O)[nH]1. The van der Waals surface area contributed by atoms with Crippen molar-refractivity contribution in [2.75, 3.05) is 19.6 Å². The Bertz CT molecular complexity index is 788. The molecule has 1 fully saturated rings. The van der Waals surface area contributed by atoms with Gasteiger partial charge in [0.15, 0.2) is 0 Å². The highest BCUT2D eigenvalue weighted by Crippen LogP contribution is 2.11. The molecule has 26 heavy (non-hydrogen) atoms. The van der Waals surface area contributed by atoms with Gasteiger partial charge >= 0.3 is 0 Å². The molecule has 0 saturated carbocycles. The Balaban J connectivity index is 1.48. The van der Waals surface area contributed by atoms with Crippen LogP contribution in [0.3, 0.4) is 0 Å². The molecule has 1 aromatic carbocycles. The molecule has 1 amide bonds. The highest BCUT2D eigenvalue weighted by molar-refractivity contribution is 5.78. The number of rotatable bonds is 6. The van der Waals surface area contributed by atoms with Gasteiger partial charge < -0.3 is 15.2 Å². The molecule has 1 aliphatic rings. The summed E-state index contributed by atoms with van der Waals surface area (Å²) in [6, 6.07) is 10.6. The molecule has 2 heterocycles. The fraction of sp³-hybridized carbons (Fsp3) is 0.450. The van der Waals surface area contributed by atoms with E-state index in [1.165, 1.54) is 11.8 Å². The largest absolute Gasteiger partial charge is 0.352 e. The van der Waals surface area contributed by atoms with E-state index in [1.54, 1.807) is 6.92 Å². The maximum Gasteiger partial charge on any atom is 0.254 e. The molecule has 6 heteroatoms. The number of H-pyrrole nitrogens is 1. The lowest BCUT2D eigenvalue weighted by atomic mass is 10.0. The Morgan fingerprint density at radius 2 is 2.15 bits per heavy atom. The Morgan fingerprint density at radius 1 is 1.35 bits per heavy atom. The number of piperidine rings is 1. The van der Waals surface area contributed by atoms with Crippen LogP contribution in [0.25, 0.3) is 0 Å². The minimum Gasteiger partial charge on any atom is -0.352 e. The first-order valence-corrected chi connectivity index (χ1v) is 9.20. The molecular formula is C20H26N4O2. The number of amides is 1. The van der Waals surface area contributed by atoms with Gasteiger partial charge in [0, 0.05) is 30.9 Å². The molecular weight excluding hydrogens is 328 g/mol. The molecule has 3 rings (SSSR count). The molecule has 0 radical (unpaired) electrons. The van der Waals surface area contributed by atoms with Crippen LogP contribution >= 0.6 is 0 Å². The zero-order chi connectivity index (χ0) is 18.4. The summed E-state index contributed by atoms with van der Waals surface area (Å²) >= 11 is 0. The number of aromatic nitrogens is 2. The summed E-state index contributed by atoms with van der Waals surface area (Å²) in [4.78, 5) is 33.2. The van der Waals surface area contributed by atoms with Gasteiger partial charge in [-0.1, -0.05) is 30.3 Å². The summed E-state index contributed by atoms with van der Waals surface area (Å²) in [5.41, 5.74) is 1.51. The fourth-order valence-corrected chi connectivity index (χ4v) is 3.40. The number of aryl methyl sites for hydroxylation is 1. The third kappa shape index (κ3) is 5.26. The van der Waals surface area contributed by atoms with Gasteiger partial charge in [0.25, 0.3) is 5.56 Å². The van der Waals surface area contributed by atoms with E-state index in [9.17, 15) is 9.59 Å². The first-order valence-electron chi connectivity index (χ1n) is 9.20. The third-order valence-electron chi connectivity index (χ3n) is 4.78. The van der Waals surface area contributed by atoms with Crippen LogP contribution in [0.15, 0.2) is 41.3 Å². The van der Waals surface area contributed by atoms with Crippen molar-refractivity contribution < 1.29 is 4.79 Å². The lowest BCUT2D eigenvalue weighted by Crippen LogP contribution is -2.48. The van der Waals surface area contributed by atoms with Gasteiger partial charge in [-0.2, -0.15) is 0 Å². The molecule has 0 unspecified atom stereocenters. The van der Waals surface area contributed by atoms with E-state index >= 15 is 0 Å². The van der Waals surface area contributed by atoms with Gasteiger partial charge in [-0.05, 0) is 38.3 Å². The molecule has 1 aliphatic heterocycles. The van der Waals surface area contributed by atoms with Crippen molar-refractivity contribution in [1.29, 1.82) is 0 Å². The summed E-state index contributed by atoms with van der Waals surface area (Å²) < 4.78 is 0. The number of benzene rings is 1. The van der Waals surface area contributed by atoms with E-state index in [0.717, 1.165) is 38.9 Å². The molecule has 0 spiro atoms. The van der Waals surface area contributed by atoms with Crippen molar-refractivity contribution in [3.8, 4) is 0 Å². The van der Waals surface area contributed by atoms with Crippen LogP contribution in [0.5, 0.6) is 0 Å². The van der Waals surface area contributed by atoms with E-state index in [2.05, 4.69) is 44.5 Å². The molecule has 0 bridgehead atoms. The predicted octanol–water partition coefficient (Wildman–Crippen LogP) is 1.44. The van der Waals surface area contributed by atoms with E-state index in [0.29, 0.717) is 11.4 Å². The maximum absolute atomic E-state index is 12.3. The Hall–Kier alpha value is -2.47. The van der Waals surface area contributed by atoms with Crippen LogP contribution in [-0.2, 0) is 17.6 Å². The third-order valence-corrected chi connectivity index (χ3v) is 4.78. The molecule has 138 valence electrons. The van der Waals surface area contributed by atoms with Crippen molar-refractivity contribution >= 4 is 5.91 Å². The first kappa shape index (κ1) is 18.3. The van der Waals surface area contributed by atoms with Crippen LogP contribution in [0, 0.1) is 6.92 Å². The summed E-state index contributed by atoms with van der Waals surface area (Å²) in [5, 5.41) is 3.08. The van der Waals surface area contributed by atoms with Gasteiger partial charge in [-0.15, -0.1) is 0 Å². The summed E-state index contributed by atoms with van der Waals surface area (Å²) in [6.07, 6.45) is 4.64. The Morgan fingerprint density at radius 3 is 2.92 bits per heavy atom. The van der Waals surface area contributed by atoms with Gasteiger partial charge in [-0.25, -0.2) is 4.98 Å². The quantitative estimate of drug-likeness (QED) is 0.823. The first-order chi connectivity index (χ1) is 12.6. The van der Waals surface area contributed by atoms with E-state index in [-0.39, 0.29) is 23.9 Å². The number of likely N-dealkylation sites (tertiary alicyclic amines) is 1. The molecule has 2 aromatic rings. The number of carbonyl (C=O) groups is 1. The Labute approximate surface area is 153 Å².